The zero-order valence-electron chi connectivity index (χ0n) is 6.27. The number of carboxylic acids is 1. The van der Waals surface area contributed by atoms with Crippen LogP contribution in [0, 0.1) is 0 Å². The van der Waals surface area contributed by atoms with Gasteiger partial charge >= 0.3 is 0 Å². The molecule has 5 nitrogen and oxygen atoms in total. The monoisotopic (exact) mass is 184 g/mol. The smallest absolute Gasteiger partial charge is 0.187 e. The molecule has 1 heterocycles. The molecule has 0 unspecified atom stereocenters. The van der Waals surface area contributed by atoms with Crippen molar-refractivity contribution in [1.82, 2.24) is 9.97 Å². The maximum absolute atomic E-state index is 10.4. The molecule has 6 heteroatoms. The Labute approximate surface area is 73.0 Å². The van der Waals surface area contributed by atoms with Crippen LogP contribution < -0.4 is 10.8 Å². The molecule has 0 amide bonds. The molecule has 0 fully saturated rings. The predicted octanol–water partition coefficient (Wildman–Crippen LogP) is -0.856. The number of carbonyl (C=O) groups is 1. The molecule has 0 aliphatic rings. The molecule has 0 spiro atoms. The molecule has 0 aromatic carbocycles. The molecule has 0 saturated carbocycles. The molecule has 0 aliphatic carbocycles. The Morgan fingerprint density at radius 1 is 1.75 bits per heavy atom. The first kappa shape index (κ1) is 8.79. The normalized spacial score (nSPS) is 9.75. The van der Waals surface area contributed by atoms with Crippen molar-refractivity contribution in [1.29, 1.82) is 0 Å². The van der Waals surface area contributed by atoms with Crippen molar-refractivity contribution in [2.75, 3.05) is 12.0 Å². The fraction of sp³-hybridized carbons (Fsp3) is 0.167. The summed E-state index contributed by atoms with van der Waals surface area (Å²) >= 11 is 1.24. The van der Waals surface area contributed by atoms with E-state index in [9.17, 15) is 9.90 Å². The highest BCUT2D eigenvalue weighted by molar-refractivity contribution is 7.98. The minimum atomic E-state index is -1.38. The van der Waals surface area contributed by atoms with Gasteiger partial charge in [-0.1, -0.05) is 11.8 Å². The number of hydrogen-bond donors (Lipinski definition) is 1. The van der Waals surface area contributed by atoms with E-state index in [0.29, 0.717) is 5.16 Å². The van der Waals surface area contributed by atoms with Gasteiger partial charge in [0.2, 0.25) is 0 Å². The van der Waals surface area contributed by atoms with E-state index >= 15 is 0 Å². The Morgan fingerprint density at radius 2 is 2.42 bits per heavy atom. The molecule has 12 heavy (non-hydrogen) atoms. The van der Waals surface area contributed by atoms with E-state index in [4.69, 9.17) is 5.73 Å². The summed E-state index contributed by atoms with van der Waals surface area (Å²) in [5.41, 5.74) is 5.06. The first-order valence-corrected chi connectivity index (χ1v) is 4.25. The van der Waals surface area contributed by atoms with Crippen LogP contribution in [0.15, 0.2) is 11.4 Å². The molecule has 0 radical (unpaired) electrons. The van der Waals surface area contributed by atoms with E-state index in [2.05, 4.69) is 9.97 Å². The summed E-state index contributed by atoms with van der Waals surface area (Å²) in [5.74, 6) is -1.38. The van der Waals surface area contributed by atoms with Crippen LogP contribution in [0.4, 0.5) is 5.69 Å². The van der Waals surface area contributed by atoms with Crippen LogP contribution in [-0.2, 0) is 0 Å². The number of thioether (sulfide) groups is 1. The highest BCUT2D eigenvalue weighted by atomic mass is 32.2. The van der Waals surface area contributed by atoms with Crippen molar-refractivity contribution >= 4 is 23.4 Å². The molecule has 0 aliphatic heterocycles. The number of nitrogens with two attached hydrogens (primary N) is 1. The third kappa shape index (κ3) is 1.65. The van der Waals surface area contributed by atoms with E-state index in [1.54, 1.807) is 6.26 Å². The minimum absolute atomic E-state index is 0.0211. The predicted molar refractivity (Wildman–Crippen MR) is 42.6 cm³/mol. The summed E-state index contributed by atoms with van der Waals surface area (Å²) in [4.78, 5) is 17.8. The standard InChI is InChI=1S/C6H7N3O2S/c1-12-6-8-2-3(7)4(9-6)5(10)11/h2H,7H2,1H3,(H,10,11)/p-1. The van der Waals surface area contributed by atoms with Crippen LogP contribution in [0.1, 0.15) is 10.5 Å². The molecular weight excluding hydrogens is 178 g/mol. The Balaban J connectivity index is 3.17. The number of hydrogen-bond acceptors (Lipinski definition) is 6. The summed E-state index contributed by atoms with van der Waals surface area (Å²) in [7, 11) is 0. The van der Waals surface area contributed by atoms with Crippen molar-refractivity contribution in [2.45, 2.75) is 5.16 Å². The lowest BCUT2D eigenvalue weighted by Crippen LogP contribution is -2.25. The molecule has 0 saturated heterocycles. The Kier molecular flexibility index (Phi) is 2.49. The summed E-state index contributed by atoms with van der Waals surface area (Å²) in [5, 5.41) is 10.8. The highest BCUT2D eigenvalue weighted by Gasteiger charge is 2.03. The molecule has 0 bridgehead atoms. The third-order valence-corrected chi connectivity index (χ3v) is 1.73. The van der Waals surface area contributed by atoms with Crippen LogP contribution in [0.2, 0.25) is 0 Å². The van der Waals surface area contributed by atoms with Gasteiger partial charge < -0.3 is 15.6 Å². The van der Waals surface area contributed by atoms with Crippen LogP contribution in [0.25, 0.3) is 0 Å². The number of nitrogen functional groups attached to an aromatic ring is 1. The molecule has 0 atom stereocenters. The van der Waals surface area contributed by atoms with Gasteiger partial charge in [-0.05, 0) is 6.26 Å². The van der Waals surface area contributed by atoms with Gasteiger partial charge in [-0.2, -0.15) is 0 Å². The second-order valence-corrected chi connectivity index (χ2v) is 2.72. The largest absolute Gasteiger partial charge is 0.543 e. The van der Waals surface area contributed by atoms with Crippen LogP contribution in [-0.4, -0.2) is 22.2 Å². The van der Waals surface area contributed by atoms with Gasteiger partial charge in [0.1, 0.15) is 5.69 Å². The number of aromatic nitrogens is 2. The topological polar surface area (TPSA) is 91.9 Å². The number of anilines is 1. The summed E-state index contributed by atoms with van der Waals surface area (Å²) in [6, 6.07) is 0. The average molecular weight is 184 g/mol. The van der Waals surface area contributed by atoms with E-state index in [1.165, 1.54) is 18.0 Å². The molecule has 1 rings (SSSR count). The summed E-state index contributed by atoms with van der Waals surface area (Å²) in [6.45, 7) is 0. The number of aromatic carboxylic acids is 1. The highest BCUT2D eigenvalue weighted by Crippen LogP contribution is 2.12. The quantitative estimate of drug-likeness (QED) is 0.475. The Hall–Kier alpha value is -1.30. The SMILES string of the molecule is CSc1ncc(N)c(C(=O)[O-])n1. The van der Waals surface area contributed by atoms with E-state index < -0.39 is 5.97 Å². The lowest BCUT2D eigenvalue weighted by atomic mass is 10.3. The zero-order chi connectivity index (χ0) is 9.14. The first-order chi connectivity index (χ1) is 5.65. The fourth-order valence-electron chi connectivity index (χ4n) is 0.637. The number of carbonyl (C=O) groups excluding carboxylic acids is 1. The Morgan fingerprint density at radius 3 is 2.92 bits per heavy atom. The fourth-order valence-corrected chi connectivity index (χ4v) is 0.977. The first-order valence-electron chi connectivity index (χ1n) is 3.03. The molecule has 1 aromatic heterocycles. The van der Waals surface area contributed by atoms with Gasteiger partial charge in [0.05, 0.1) is 17.9 Å². The Bertz CT molecular complexity index is 316. The number of rotatable bonds is 2. The van der Waals surface area contributed by atoms with Crippen molar-refractivity contribution in [3.8, 4) is 0 Å². The molecular formula is C6H6N3O2S-. The van der Waals surface area contributed by atoms with Crippen molar-refractivity contribution < 1.29 is 9.90 Å². The number of nitrogens with zero attached hydrogens (tertiary/aromatic N) is 2. The van der Waals surface area contributed by atoms with Gasteiger partial charge in [-0.25, -0.2) is 9.97 Å². The minimum Gasteiger partial charge on any atom is -0.543 e. The van der Waals surface area contributed by atoms with Crippen molar-refractivity contribution in [3.63, 3.8) is 0 Å². The second-order valence-electron chi connectivity index (χ2n) is 1.95. The molecule has 1 aromatic rings. The van der Waals surface area contributed by atoms with E-state index in [0.717, 1.165) is 0 Å². The molecule has 64 valence electrons. The summed E-state index contributed by atoms with van der Waals surface area (Å²) < 4.78 is 0. The van der Waals surface area contributed by atoms with Crippen LogP contribution in [0.5, 0.6) is 0 Å². The van der Waals surface area contributed by atoms with Crippen LogP contribution >= 0.6 is 11.8 Å². The zero-order valence-corrected chi connectivity index (χ0v) is 7.09. The number of carboxylic acid groups (broad SMARTS) is 1. The van der Waals surface area contributed by atoms with Gasteiger partial charge in [0.15, 0.2) is 5.16 Å². The lowest BCUT2D eigenvalue weighted by molar-refractivity contribution is -0.255. The van der Waals surface area contributed by atoms with Gasteiger partial charge in [0.25, 0.3) is 0 Å². The molecule has 2 N–H and O–H groups in total. The van der Waals surface area contributed by atoms with Crippen molar-refractivity contribution in [2.24, 2.45) is 0 Å². The third-order valence-electron chi connectivity index (χ3n) is 1.17. The van der Waals surface area contributed by atoms with Gasteiger partial charge in [-0.15, -0.1) is 0 Å². The van der Waals surface area contributed by atoms with E-state index in [-0.39, 0.29) is 11.4 Å². The average Bonchev–Trinajstić information content (AvgIpc) is 2.05. The second kappa shape index (κ2) is 3.40. The van der Waals surface area contributed by atoms with E-state index in [1.807, 2.05) is 0 Å². The maximum atomic E-state index is 10.4. The maximum Gasteiger partial charge on any atom is 0.187 e. The van der Waals surface area contributed by atoms with Crippen LogP contribution in [0.3, 0.4) is 0 Å². The van der Waals surface area contributed by atoms with Gasteiger partial charge in [-0.3, -0.25) is 0 Å². The summed E-state index contributed by atoms with van der Waals surface area (Å²) in [6.07, 6.45) is 2.99. The van der Waals surface area contributed by atoms with Crippen molar-refractivity contribution in [3.05, 3.63) is 11.9 Å². The van der Waals surface area contributed by atoms with Gasteiger partial charge in [0, 0.05) is 0 Å². The lowest BCUT2D eigenvalue weighted by Gasteiger charge is -2.05.